The van der Waals surface area contributed by atoms with Gasteiger partial charge in [-0.1, -0.05) is 0 Å². The van der Waals surface area contributed by atoms with Crippen LogP contribution >= 0.6 is 0 Å². The Kier molecular flexibility index (Phi) is 4.83. The van der Waals surface area contributed by atoms with E-state index in [0.717, 1.165) is 5.56 Å². The average Bonchev–Trinajstić information content (AvgIpc) is 2.56. The van der Waals surface area contributed by atoms with Crippen LogP contribution in [0.3, 0.4) is 0 Å². The topological polar surface area (TPSA) is 69.7 Å². The third kappa shape index (κ3) is 3.11. The molecule has 1 aromatic carbocycles. The van der Waals surface area contributed by atoms with Crippen molar-refractivity contribution in [2.24, 2.45) is 0 Å². The molecule has 0 spiro atoms. The quantitative estimate of drug-likeness (QED) is 0.919. The number of nitrogens with one attached hydrogen (secondary N) is 1. The Balaban J connectivity index is 2.32. The molecule has 2 rings (SSSR count). The van der Waals surface area contributed by atoms with E-state index in [2.05, 4.69) is 10.3 Å². The molecule has 1 aromatic heterocycles. The van der Waals surface area contributed by atoms with Crippen molar-refractivity contribution < 1.29 is 19.0 Å². The van der Waals surface area contributed by atoms with E-state index in [4.69, 9.17) is 14.2 Å². The lowest BCUT2D eigenvalue weighted by Crippen LogP contribution is -2.14. The van der Waals surface area contributed by atoms with Gasteiger partial charge in [-0.3, -0.25) is 4.79 Å². The Hall–Kier alpha value is -2.76. The molecule has 1 amide bonds. The number of benzene rings is 1. The predicted octanol–water partition coefficient (Wildman–Crippen LogP) is 2.67. The van der Waals surface area contributed by atoms with Crippen molar-refractivity contribution in [2.45, 2.75) is 6.92 Å². The van der Waals surface area contributed by atoms with Crippen LogP contribution in [0.2, 0.25) is 0 Å². The second kappa shape index (κ2) is 6.80. The average molecular weight is 302 g/mol. The lowest BCUT2D eigenvalue weighted by atomic mass is 10.1. The van der Waals surface area contributed by atoms with Crippen molar-refractivity contribution in [1.29, 1.82) is 0 Å². The van der Waals surface area contributed by atoms with Gasteiger partial charge < -0.3 is 19.5 Å². The number of hydrogen-bond acceptors (Lipinski definition) is 5. The molecule has 0 aliphatic carbocycles. The largest absolute Gasteiger partial charge is 0.493 e. The lowest BCUT2D eigenvalue weighted by Gasteiger charge is -2.14. The zero-order valence-electron chi connectivity index (χ0n) is 13.0. The third-order valence-corrected chi connectivity index (χ3v) is 3.19. The van der Waals surface area contributed by atoms with Crippen LogP contribution in [0.15, 0.2) is 30.5 Å². The highest BCUT2D eigenvalue weighted by Crippen LogP contribution is 2.33. The first-order valence-electron chi connectivity index (χ1n) is 6.63. The standard InChI is InChI=1S/C16H18N2O4/c1-10-8-13(20-2)14(21-3)9-12(10)18-15(19)11-6-5-7-17-16(11)22-4/h5-9H,1-4H3,(H,18,19). The molecule has 0 bridgehead atoms. The second-order valence-electron chi connectivity index (χ2n) is 4.54. The van der Waals surface area contributed by atoms with Crippen LogP contribution in [0, 0.1) is 6.92 Å². The van der Waals surface area contributed by atoms with Gasteiger partial charge in [0, 0.05) is 18.0 Å². The highest BCUT2D eigenvalue weighted by molar-refractivity contribution is 6.06. The van der Waals surface area contributed by atoms with E-state index in [1.165, 1.54) is 7.11 Å². The molecule has 1 heterocycles. The number of carbonyl (C=O) groups is 1. The maximum absolute atomic E-state index is 12.4. The van der Waals surface area contributed by atoms with Gasteiger partial charge in [0.1, 0.15) is 5.56 Å². The SMILES string of the molecule is COc1cc(C)c(NC(=O)c2cccnc2OC)cc1OC. The van der Waals surface area contributed by atoms with E-state index in [-0.39, 0.29) is 11.8 Å². The molecule has 2 aromatic rings. The Morgan fingerprint density at radius 3 is 2.41 bits per heavy atom. The molecule has 0 fully saturated rings. The van der Waals surface area contributed by atoms with Crippen molar-refractivity contribution in [3.8, 4) is 17.4 Å². The summed E-state index contributed by atoms with van der Waals surface area (Å²) in [6.45, 7) is 1.87. The maximum Gasteiger partial charge on any atom is 0.261 e. The fourth-order valence-corrected chi connectivity index (χ4v) is 2.03. The molecule has 0 atom stereocenters. The smallest absolute Gasteiger partial charge is 0.261 e. The molecule has 0 radical (unpaired) electrons. The van der Waals surface area contributed by atoms with Gasteiger partial charge in [0.25, 0.3) is 5.91 Å². The molecular formula is C16H18N2O4. The molecule has 0 aliphatic rings. The zero-order chi connectivity index (χ0) is 16.1. The summed E-state index contributed by atoms with van der Waals surface area (Å²) in [6.07, 6.45) is 1.57. The van der Waals surface area contributed by atoms with Crippen molar-refractivity contribution in [3.05, 3.63) is 41.6 Å². The number of rotatable bonds is 5. The van der Waals surface area contributed by atoms with Crippen LogP contribution in [-0.2, 0) is 0 Å². The molecule has 6 nitrogen and oxygen atoms in total. The summed E-state index contributed by atoms with van der Waals surface area (Å²) >= 11 is 0. The molecule has 116 valence electrons. The van der Waals surface area contributed by atoms with E-state index in [0.29, 0.717) is 22.7 Å². The summed E-state index contributed by atoms with van der Waals surface area (Å²) in [6, 6.07) is 6.85. The Morgan fingerprint density at radius 2 is 1.77 bits per heavy atom. The number of aromatic nitrogens is 1. The monoisotopic (exact) mass is 302 g/mol. The van der Waals surface area contributed by atoms with Crippen LogP contribution in [-0.4, -0.2) is 32.2 Å². The summed E-state index contributed by atoms with van der Waals surface area (Å²) in [7, 11) is 4.58. The highest BCUT2D eigenvalue weighted by Gasteiger charge is 2.15. The fourth-order valence-electron chi connectivity index (χ4n) is 2.03. The Morgan fingerprint density at radius 1 is 1.09 bits per heavy atom. The van der Waals surface area contributed by atoms with Gasteiger partial charge in [0.15, 0.2) is 11.5 Å². The normalized spacial score (nSPS) is 10.0. The molecule has 0 aliphatic heterocycles. The summed E-state index contributed by atoms with van der Waals surface area (Å²) in [4.78, 5) is 16.4. The third-order valence-electron chi connectivity index (χ3n) is 3.19. The number of carbonyl (C=O) groups excluding carboxylic acids is 1. The highest BCUT2D eigenvalue weighted by atomic mass is 16.5. The predicted molar refractivity (Wildman–Crippen MR) is 83.0 cm³/mol. The lowest BCUT2D eigenvalue weighted by molar-refractivity contribution is 0.102. The fraction of sp³-hybridized carbons (Fsp3) is 0.250. The van der Waals surface area contributed by atoms with Gasteiger partial charge in [-0.05, 0) is 30.7 Å². The molecule has 0 saturated carbocycles. The molecule has 0 saturated heterocycles. The van der Waals surface area contributed by atoms with Crippen LogP contribution in [0.4, 0.5) is 5.69 Å². The number of amides is 1. The van der Waals surface area contributed by atoms with Gasteiger partial charge in [-0.2, -0.15) is 0 Å². The Labute approximate surface area is 129 Å². The summed E-state index contributed by atoms with van der Waals surface area (Å²) < 4.78 is 15.6. The van der Waals surface area contributed by atoms with Gasteiger partial charge in [0.2, 0.25) is 5.88 Å². The minimum atomic E-state index is -0.305. The number of hydrogen-bond donors (Lipinski definition) is 1. The van der Waals surface area contributed by atoms with Crippen molar-refractivity contribution in [3.63, 3.8) is 0 Å². The van der Waals surface area contributed by atoms with Crippen molar-refractivity contribution in [2.75, 3.05) is 26.6 Å². The molecule has 0 unspecified atom stereocenters. The van der Waals surface area contributed by atoms with Gasteiger partial charge in [0.05, 0.1) is 21.3 Å². The number of aryl methyl sites for hydroxylation is 1. The molecule has 1 N–H and O–H groups in total. The maximum atomic E-state index is 12.4. The van der Waals surface area contributed by atoms with Crippen LogP contribution in [0.5, 0.6) is 17.4 Å². The first-order valence-corrected chi connectivity index (χ1v) is 6.63. The van der Waals surface area contributed by atoms with Crippen molar-refractivity contribution in [1.82, 2.24) is 4.98 Å². The second-order valence-corrected chi connectivity index (χ2v) is 4.54. The van der Waals surface area contributed by atoms with E-state index >= 15 is 0 Å². The summed E-state index contributed by atoms with van der Waals surface area (Å²) in [5, 5.41) is 2.83. The van der Waals surface area contributed by atoms with Crippen LogP contribution in [0.1, 0.15) is 15.9 Å². The minimum absolute atomic E-state index is 0.276. The number of ether oxygens (including phenoxy) is 3. The van der Waals surface area contributed by atoms with E-state index in [9.17, 15) is 4.79 Å². The molecule has 6 heteroatoms. The molecule has 22 heavy (non-hydrogen) atoms. The van der Waals surface area contributed by atoms with E-state index in [1.54, 1.807) is 44.7 Å². The van der Waals surface area contributed by atoms with Crippen LogP contribution < -0.4 is 19.5 Å². The van der Waals surface area contributed by atoms with E-state index in [1.807, 2.05) is 6.92 Å². The summed E-state index contributed by atoms with van der Waals surface area (Å²) in [5.41, 5.74) is 1.85. The molecular weight excluding hydrogens is 284 g/mol. The first kappa shape index (κ1) is 15.6. The Bertz CT molecular complexity index is 686. The minimum Gasteiger partial charge on any atom is -0.493 e. The number of nitrogens with zero attached hydrogens (tertiary/aromatic N) is 1. The number of methoxy groups -OCH3 is 3. The number of pyridine rings is 1. The van der Waals surface area contributed by atoms with Crippen molar-refractivity contribution >= 4 is 11.6 Å². The van der Waals surface area contributed by atoms with Crippen LogP contribution in [0.25, 0.3) is 0 Å². The van der Waals surface area contributed by atoms with Gasteiger partial charge in [-0.25, -0.2) is 4.98 Å². The number of anilines is 1. The first-order chi connectivity index (χ1) is 10.6. The zero-order valence-corrected chi connectivity index (χ0v) is 13.0. The van der Waals surface area contributed by atoms with Gasteiger partial charge >= 0.3 is 0 Å². The summed E-state index contributed by atoms with van der Waals surface area (Å²) in [5.74, 6) is 1.12. The van der Waals surface area contributed by atoms with Gasteiger partial charge in [-0.15, -0.1) is 0 Å². The van der Waals surface area contributed by atoms with E-state index < -0.39 is 0 Å².